The van der Waals surface area contributed by atoms with E-state index in [1.165, 1.54) is 0 Å². The summed E-state index contributed by atoms with van der Waals surface area (Å²) in [6, 6.07) is -0.216. The van der Waals surface area contributed by atoms with Crippen LogP contribution in [-0.2, 0) is 9.59 Å². The van der Waals surface area contributed by atoms with Gasteiger partial charge in [0.1, 0.15) is 0 Å². The lowest BCUT2D eigenvalue weighted by Crippen LogP contribution is -2.43. The van der Waals surface area contributed by atoms with Crippen LogP contribution in [0.4, 0.5) is 13.2 Å². The van der Waals surface area contributed by atoms with E-state index in [4.69, 9.17) is 5.73 Å². The molecule has 0 aromatic rings. The third kappa shape index (κ3) is 4.17. The lowest BCUT2D eigenvalue weighted by Gasteiger charge is -2.21. The summed E-state index contributed by atoms with van der Waals surface area (Å²) in [5.74, 6) is -2.15. The van der Waals surface area contributed by atoms with Crippen molar-refractivity contribution >= 4 is 11.8 Å². The fourth-order valence-corrected chi connectivity index (χ4v) is 1.91. The number of hydrogen-bond acceptors (Lipinski definition) is 3. The molecule has 1 unspecified atom stereocenters. The first kappa shape index (κ1) is 14.7. The zero-order valence-electron chi connectivity index (χ0n) is 9.79. The van der Waals surface area contributed by atoms with Crippen molar-refractivity contribution in [3.05, 3.63) is 0 Å². The number of rotatable bonds is 2. The number of carbonyl (C=O) groups is 2. The molecular formula is C10H16F3N3O2. The number of carbonyl (C=O) groups excluding carboxylic acids is 2. The van der Waals surface area contributed by atoms with Gasteiger partial charge in [0.05, 0.1) is 6.54 Å². The van der Waals surface area contributed by atoms with Gasteiger partial charge in [0.15, 0.2) is 0 Å². The van der Waals surface area contributed by atoms with Crippen LogP contribution in [-0.4, -0.2) is 48.6 Å². The fourth-order valence-electron chi connectivity index (χ4n) is 1.91. The maximum atomic E-state index is 12.3. The van der Waals surface area contributed by atoms with Crippen molar-refractivity contribution in [1.82, 2.24) is 10.2 Å². The fraction of sp³-hybridized carbons (Fsp3) is 0.800. The minimum atomic E-state index is -4.83. The van der Waals surface area contributed by atoms with Crippen LogP contribution in [0.1, 0.15) is 19.3 Å². The van der Waals surface area contributed by atoms with E-state index < -0.39 is 12.1 Å². The predicted octanol–water partition coefficient (Wildman–Crippen LogP) is 0.00470. The summed E-state index contributed by atoms with van der Waals surface area (Å²) in [5.41, 5.74) is 5.14. The highest BCUT2D eigenvalue weighted by Gasteiger charge is 2.42. The molecule has 1 aliphatic heterocycles. The van der Waals surface area contributed by atoms with Gasteiger partial charge in [-0.3, -0.25) is 9.59 Å². The van der Waals surface area contributed by atoms with Crippen LogP contribution >= 0.6 is 0 Å². The lowest BCUT2D eigenvalue weighted by molar-refractivity contribution is -0.185. The van der Waals surface area contributed by atoms with Crippen molar-refractivity contribution in [2.45, 2.75) is 31.5 Å². The van der Waals surface area contributed by atoms with Crippen molar-refractivity contribution in [3.8, 4) is 0 Å². The first-order valence-corrected chi connectivity index (χ1v) is 5.70. The van der Waals surface area contributed by atoms with Crippen LogP contribution in [0.25, 0.3) is 0 Å². The normalized spacial score (nSPS) is 21.3. The molecule has 0 aromatic heterocycles. The van der Waals surface area contributed by atoms with Gasteiger partial charge in [0, 0.05) is 19.1 Å². The van der Waals surface area contributed by atoms with Crippen molar-refractivity contribution in [3.63, 3.8) is 0 Å². The van der Waals surface area contributed by atoms with E-state index in [0.717, 1.165) is 4.90 Å². The minimum Gasteiger partial charge on any atom is -0.352 e. The number of nitrogens with zero attached hydrogens (tertiary/aromatic N) is 1. The van der Waals surface area contributed by atoms with E-state index in [1.807, 2.05) is 0 Å². The molecule has 0 saturated carbocycles. The van der Waals surface area contributed by atoms with Gasteiger partial charge in [-0.1, -0.05) is 0 Å². The second kappa shape index (κ2) is 6.03. The van der Waals surface area contributed by atoms with Gasteiger partial charge in [-0.05, 0) is 19.3 Å². The Morgan fingerprint density at radius 3 is 2.50 bits per heavy atom. The molecule has 8 heteroatoms. The summed E-state index contributed by atoms with van der Waals surface area (Å²) in [7, 11) is 0. The molecule has 1 heterocycles. The SMILES string of the molecule is NCC(=O)NC1CCCN(C(=O)C(F)(F)F)CC1. The Kier molecular flexibility index (Phi) is 4.94. The average molecular weight is 267 g/mol. The Bertz CT molecular complexity index is 320. The Morgan fingerprint density at radius 2 is 1.94 bits per heavy atom. The van der Waals surface area contributed by atoms with Crippen molar-refractivity contribution in [2.24, 2.45) is 5.73 Å². The monoisotopic (exact) mass is 267 g/mol. The second-order valence-electron chi connectivity index (χ2n) is 4.19. The van der Waals surface area contributed by atoms with Crippen LogP contribution in [0.5, 0.6) is 0 Å². The molecule has 2 amide bonds. The molecule has 1 atom stereocenters. The van der Waals surface area contributed by atoms with E-state index >= 15 is 0 Å². The van der Waals surface area contributed by atoms with Crippen LogP contribution in [0.15, 0.2) is 0 Å². The number of alkyl halides is 3. The highest BCUT2D eigenvalue weighted by Crippen LogP contribution is 2.21. The zero-order chi connectivity index (χ0) is 13.8. The lowest BCUT2D eigenvalue weighted by atomic mass is 10.1. The number of halogens is 3. The van der Waals surface area contributed by atoms with Crippen LogP contribution in [0.3, 0.4) is 0 Å². The van der Waals surface area contributed by atoms with Crippen LogP contribution in [0, 0.1) is 0 Å². The molecule has 3 N–H and O–H groups in total. The maximum absolute atomic E-state index is 12.3. The van der Waals surface area contributed by atoms with Gasteiger partial charge in [-0.25, -0.2) is 0 Å². The van der Waals surface area contributed by atoms with Gasteiger partial charge in [0.2, 0.25) is 5.91 Å². The predicted molar refractivity (Wildman–Crippen MR) is 57.5 cm³/mol. The van der Waals surface area contributed by atoms with Crippen molar-refractivity contribution < 1.29 is 22.8 Å². The van der Waals surface area contributed by atoms with Crippen molar-refractivity contribution in [2.75, 3.05) is 19.6 Å². The number of hydrogen-bond donors (Lipinski definition) is 2. The third-order valence-corrected chi connectivity index (χ3v) is 2.81. The highest BCUT2D eigenvalue weighted by atomic mass is 19.4. The van der Waals surface area contributed by atoms with E-state index in [9.17, 15) is 22.8 Å². The van der Waals surface area contributed by atoms with Gasteiger partial charge in [-0.2, -0.15) is 13.2 Å². The summed E-state index contributed by atoms with van der Waals surface area (Å²) in [4.78, 5) is 22.9. The molecule has 0 aliphatic carbocycles. The van der Waals surface area contributed by atoms with Crippen molar-refractivity contribution in [1.29, 1.82) is 0 Å². The summed E-state index contributed by atoms with van der Waals surface area (Å²) in [6.45, 7) is -0.0943. The molecule has 5 nitrogen and oxygen atoms in total. The summed E-state index contributed by atoms with van der Waals surface area (Å²) >= 11 is 0. The quantitative estimate of drug-likeness (QED) is 0.739. The number of nitrogens with one attached hydrogen (secondary N) is 1. The van der Waals surface area contributed by atoms with Gasteiger partial charge in [0.25, 0.3) is 0 Å². The van der Waals surface area contributed by atoms with Gasteiger partial charge >= 0.3 is 12.1 Å². The Hall–Kier alpha value is -1.31. The Labute approximate surface area is 102 Å². The average Bonchev–Trinajstić information content (AvgIpc) is 2.52. The van der Waals surface area contributed by atoms with Crippen LogP contribution < -0.4 is 11.1 Å². The molecule has 1 rings (SSSR count). The molecular weight excluding hydrogens is 251 g/mol. The zero-order valence-corrected chi connectivity index (χ0v) is 9.79. The van der Waals surface area contributed by atoms with Crippen LogP contribution in [0.2, 0.25) is 0 Å². The minimum absolute atomic E-state index is 0.00609. The van der Waals surface area contributed by atoms with E-state index in [0.29, 0.717) is 19.3 Å². The number of amides is 2. The first-order valence-electron chi connectivity index (χ1n) is 5.70. The smallest absolute Gasteiger partial charge is 0.352 e. The molecule has 1 saturated heterocycles. The highest BCUT2D eigenvalue weighted by molar-refractivity contribution is 5.82. The Balaban J connectivity index is 2.51. The van der Waals surface area contributed by atoms with E-state index in [2.05, 4.69) is 5.32 Å². The van der Waals surface area contributed by atoms with Gasteiger partial charge in [-0.15, -0.1) is 0 Å². The summed E-state index contributed by atoms with van der Waals surface area (Å²) < 4.78 is 36.8. The molecule has 0 spiro atoms. The summed E-state index contributed by atoms with van der Waals surface area (Å²) in [5, 5.41) is 2.62. The third-order valence-electron chi connectivity index (χ3n) is 2.81. The molecule has 1 fully saturated rings. The van der Waals surface area contributed by atoms with Gasteiger partial charge < -0.3 is 16.0 Å². The van der Waals surface area contributed by atoms with E-state index in [-0.39, 0.29) is 31.6 Å². The molecule has 0 bridgehead atoms. The maximum Gasteiger partial charge on any atom is 0.471 e. The number of likely N-dealkylation sites (tertiary alicyclic amines) is 1. The molecule has 104 valence electrons. The molecule has 18 heavy (non-hydrogen) atoms. The molecule has 0 radical (unpaired) electrons. The Morgan fingerprint density at radius 1 is 1.28 bits per heavy atom. The summed E-state index contributed by atoms with van der Waals surface area (Å²) in [6.07, 6.45) is -3.54. The van der Waals surface area contributed by atoms with E-state index in [1.54, 1.807) is 0 Å². The molecule has 1 aliphatic rings. The largest absolute Gasteiger partial charge is 0.471 e. The topological polar surface area (TPSA) is 75.4 Å². The first-order chi connectivity index (χ1) is 8.34. The standard InChI is InChI=1S/C10H16F3N3O2/c11-10(12,13)9(18)16-4-1-2-7(3-5-16)15-8(17)6-14/h7H,1-6,14H2,(H,15,17). The second-order valence-corrected chi connectivity index (χ2v) is 4.19. The molecule has 0 aromatic carbocycles. The number of nitrogens with two attached hydrogens (primary N) is 1.